The minimum atomic E-state index is -0.795. The highest BCUT2D eigenvalue weighted by molar-refractivity contribution is 5.70. The van der Waals surface area contributed by atoms with Crippen LogP contribution in [0.4, 0.5) is 4.39 Å². The van der Waals surface area contributed by atoms with Crippen LogP contribution >= 0.6 is 0 Å². The molecule has 0 amide bonds. The summed E-state index contributed by atoms with van der Waals surface area (Å²) in [4.78, 5) is 12.9. The fourth-order valence-corrected chi connectivity index (χ4v) is 2.43. The number of hydrogen-bond acceptors (Lipinski definition) is 3. The van der Waals surface area contributed by atoms with Crippen molar-refractivity contribution >= 4 is 5.97 Å². The molecule has 4 nitrogen and oxygen atoms in total. The lowest BCUT2D eigenvalue weighted by Crippen LogP contribution is -2.38. The molecule has 1 saturated heterocycles. The third kappa shape index (κ3) is 3.09. The maximum Gasteiger partial charge on any atom is 0.307 e. The number of halogens is 1. The van der Waals surface area contributed by atoms with Crippen molar-refractivity contribution in [2.45, 2.75) is 19.4 Å². The molecule has 1 atom stereocenters. The number of likely N-dealkylation sites (tertiary alicyclic amines) is 1. The Kier molecular flexibility index (Phi) is 4.13. The summed E-state index contributed by atoms with van der Waals surface area (Å²) in [6.07, 6.45) is 1.48. The minimum absolute atomic E-state index is 0.0318. The SMILES string of the molecule is N#Cc1cccc(CN2CCCC(C(=O)O)C2)c1F. The number of benzene rings is 1. The molecule has 0 saturated carbocycles. The first kappa shape index (κ1) is 13.5. The molecule has 0 bridgehead atoms. The van der Waals surface area contributed by atoms with Gasteiger partial charge in [-0.25, -0.2) is 4.39 Å². The van der Waals surface area contributed by atoms with Crippen LogP contribution in [0.3, 0.4) is 0 Å². The molecule has 1 unspecified atom stereocenters. The van der Waals surface area contributed by atoms with Gasteiger partial charge >= 0.3 is 5.97 Å². The highest BCUT2D eigenvalue weighted by Crippen LogP contribution is 2.20. The molecule has 0 spiro atoms. The van der Waals surface area contributed by atoms with E-state index in [0.717, 1.165) is 13.0 Å². The van der Waals surface area contributed by atoms with Gasteiger partial charge in [0.15, 0.2) is 0 Å². The van der Waals surface area contributed by atoms with Crippen LogP contribution in [0.2, 0.25) is 0 Å². The zero-order valence-electron chi connectivity index (χ0n) is 10.5. The Morgan fingerprint density at radius 1 is 1.58 bits per heavy atom. The van der Waals surface area contributed by atoms with E-state index in [0.29, 0.717) is 25.1 Å². The number of nitriles is 1. The van der Waals surface area contributed by atoms with Gasteiger partial charge in [-0.05, 0) is 25.5 Å². The van der Waals surface area contributed by atoms with E-state index in [4.69, 9.17) is 10.4 Å². The van der Waals surface area contributed by atoms with Crippen molar-refractivity contribution in [3.8, 4) is 6.07 Å². The molecule has 0 aromatic heterocycles. The van der Waals surface area contributed by atoms with E-state index < -0.39 is 11.8 Å². The fraction of sp³-hybridized carbons (Fsp3) is 0.429. The molecule has 1 fully saturated rings. The summed E-state index contributed by atoms with van der Waals surface area (Å²) in [6.45, 7) is 1.55. The van der Waals surface area contributed by atoms with Crippen LogP contribution in [0.5, 0.6) is 0 Å². The summed E-state index contributed by atoms with van der Waals surface area (Å²) in [6, 6.07) is 6.54. The van der Waals surface area contributed by atoms with E-state index in [2.05, 4.69) is 0 Å². The van der Waals surface area contributed by atoms with Crippen LogP contribution in [-0.2, 0) is 11.3 Å². The minimum Gasteiger partial charge on any atom is -0.481 e. The smallest absolute Gasteiger partial charge is 0.307 e. The Labute approximate surface area is 111 Å². The fourth-order valence-electron chi connectivity index (χ4n) is 2.43. The largest absolute Gasteiger partial charge is 0.481 e. The lowest BCUT2D eigenvalue weighted by atomic mass is 9.97. The van der Waals surface area contributed by atoms with E-state index in [1.165, 1.54) is 6.07 Å². The average molecular weight is 262 g/mol. The van der Waals surface area contributed by atoms with E-state index >= 15 is 0 Å². The second-order valence-electron chi connectivity index (χ2n) is 4.80. The molecule has 1 aliphatic rings. The number of carbonyl (C=O) groups is 1. The standard InChI is InChI=1S/C14H15FN2O2/c15-13-10(7-16)3-1-4-11(13)8-17-6-2-5-12(9-17)14(18)19/h1,3-4,12H,2,5-6,8-9H2,(H,18,19). The average Bonchev–Trinajstić information content (AvgIpc) is 2.41. The molecule has 1 N–H and O–H groups in total. The first-order chi connectivity index (χ1) is 9.11. The van der Waals surface area contributed by atoms with Gasteiger partial charge in [-0.3, -0.25) is 9.69 Å². The number of hydrogen-bond donors (Lipinski definition) is 1. The maximum absolute atomic E-state index is 13.9. The van der Waals surface area contributed by atoms with Crippen LogP contribution in [0.15, 0.2) is 18.2 Å². The molecular weight excluding hydrogens is 247 g/mol. The third-order valence-electron chi connectivity index (χ3n) is 3.45. The van der Waals surface area contributed by atoms with Crippen molar-refractivity contribution in [2.75, 3.05) is 13.1 Å². The van der Waals surface area contributed by atoms with Crippen molar-refractivity contribution in [2.24, 2.45) is 5.92 Å². The molecule has 1 aliphatic heterocycles. The molecular formula is C14H15FN2O2. The highest BCUT2D eigenvalue weighted by atomic mass is 19.1. The number of carboxylic acids is 1. The Bertz CT molecular complexity index is 525. The third-order valence-corrected chi connectivity index (χ3v) is 3.45. The predicted molar refractivity (Wildman–Crippen MR) is 66.8 cm³/mol. The van der Waals surface area contributed by atoms with Crippen LogP contribution in [0.1, 0.15) is 24.0 Å². The molecule has 2 rings (SSSR count). The van der Waals surface area contributed by atoms with E-state index in [1.807, 2.05) is 11.0 Å². The number of aliphatic carboxylic acids is 1. The van der Waals surface area contributed by atoms with Crippen LogP contribution in [0, 0.1) is 23.1 Å². The second kappa shape index (κ2) is 5.81. The Morgan fingerprint density at radius 2 is 2.37 bits per heavy atom. The topological polar surface area (TPSA) is 64.3 Å². The van der Waals surface area contributed by atoms with Gasteiger partial charge in [0, 0.05) is 18.7 Å². The van der Waals surface area contributed by atoms with Gasteiger partial charge in [0.2, 0.25) is 0 Å². The summed E-state index contributed by atoms with van der Waals surface area (Å²) >= 11 is 0. The molecule has 1 heterocycles. The van der Waals surface area contributed by atoms with Gasteiger partial charge in [-0.2, -0.15) is 5.26 Å². The van der Waals surface area contributed by atoms with Gasteiger partial charge in [-0.1, -0.05) is 12.1 Å². The van der Waals surface area contributed by atoms with Crippen LogP contribution in [-0.4, -0.2) is 29.1 Å². The van der Waals surface area contributed by atoms with E-state index in [9.17, 15) is 9.18 Å². The zero-order valence-corrected chi connectivity index (χ0v) is 10.5. The molecule has 5 heteroatoms. The van der Waals surface area contributed by atoms with Crippen molar-refractivity contribution in [1.82, 2.24) is 4.90 Å². The molecule has 0 radical (unpaired) electrons. The van der Waals surface area contributed by atoms with Crippen LogP contribution in [0.25, 0.3) is 0 Å². The van der Waals surface area contributed by atoms with Crippen LogP contribution < -0.4 is 0 Å². The molecule has 19 heavy (non-hydrogen) atoms. The summed E-state index contributed by atoms with van der Waals surface area (Å²) in [7, 11) is 0. The summed E-state index contributed by atoms with van der Waals surface area (Å²) < 4.78 is 13.9. The van der Waals surface area contributed by atoms with Crippen molar-refractivity contribution < 1.29 is 14.3 Å². The van der Waals surface area contributed by atoms with Crippen molar-refractivity contribution in [3.63, 3.8) is 0 Å². The molecule has 100 valence electrons. The first-order valence-electron chi connectivity index (χ1n) is 6.24. The van der Waals surface area contributed by atoms with Gasteiger partial charge in [0.25, 0.3) is 0 Å². The Balaban J connectivity index is 2.09. The maximum atomic E-state index is 13.9. The lowest BCUT2D eigenvalue weighted by molar-refractivity contribution is -0.143. The normalized spacial score (nSPS) is 19.9. The van der Waals surface area contributed by atoms with Gasteiger partial charge < -0.3 is 5.11 Å². The Hall–Kier alpha value is -1.93. The van der Waals surface area contributed by atoms with Gasteiger partial charge in [-0.15, -0.1) is 0 Å². The lowest BCUT2D eigenvalue weighted by Gasteiger charge is -2.30. The zero-order chi connectivity index (χ0) is 13.8. The summed E-state index contributed by atoms with van der Waals surface area (Å²) in [5, 5.41) is 17.8. The highest BCUT2D eigenvalue weighted by Gasteiger charge is 2.25. The quantitative estimate of drug-likeness (QED) is 0.904. The molecule has 1 aromatic rings. The number of nitrogens with zero attached hydrogens (tertiary/aromatic N) is 2. The number of carboxylic acid groups (broad SMARTS) is 1. The molecule has 0 aliphatic carbocycles. The van der Waals surface area contributed by atoms with Crippen molar-refractivity contribution in [3.05, 3.63) is 35.1 Å². The van der Waals surface area contributed by atoms with E-state index in [-0.39, 0.29) is 11.5 Å². The second-order valence-corrected chi connectivity index (χ2v) is 4.80. The van der Waals surface area contributed by atoms with Gasteiger partial charge in [0.1, 0.15) is 11.9 Å². The number of rotatable bonds is 3. The summed E-state index contributed by atoms with van der Waals surface area (Å²) in [5.74, 6) is -1.67. The van der Waals surface area contributed by atoms with Crippen molar-refractivity contribution in [1.29, 1.82) is 5.26 Å². The Morgan fingerprint density at radius 3 is 3.05 bits per heavy atom. The van der Waals surface area contributed by atoms with Gasteiger partial charge in [0.05, 0.1) is 11.5 Å². The predicted octanol–water partition coefficient (Wildman–Crippen LogP) is 1.99. The molecule has 1 aromatic carbocycles. The monoisotopic (exact) mass is 262 g/mol. The first-order valence-corrected chi connectivity index (χ1v) is 6.24. The summed E-state index contributed by atoms with van der Waals surface area (Å²) in [5.41, 5.74) is 0.481. The number of piperidine rings is 1. The van der Waals surface area contributed by atoms with E-state index in [1.54, 1.807) is 12.1 Å².